The molecule has 144 valence electrons. The standard InChI is InChI=1S/C23H15Cl2FN2O/c24-19-2-1-3-20(25)18(19)12-17-13-21(29)22(14-4-6-16(26)7-5-14)23(28-17)15-8-10-27-11-9-15/h1-11H,12-13H2. The van der Waals surface area contributed by atoms with Gasteiger partial charge in [0.25, 0.3) is 0 Å². The summed E-state index contributed by atoms with van der Waals surface area (Å²) in [6.45, 7) is 0. The van der Waals surface area contributed by atoms with Gasteiger partial charge in [-0.1, -0.05) is 41.4 Å². The van der Waals surface area contributed by atoms with E-state index in [1.807, 2.05) is 0 Å². The van der Waals surface area contributed by atoms with Gasteiger partial charge in [-0.3, -0.25) is 14.8 Å². The van der Waals surface area contributed by atoms with Crippen LogP contribution in [0.15, 0.2) is 72.0 Å². The summed E-state index contributed by atoms with van der Waals surface area (Å²) in [5, 5.41) is 1.07. The van der Waals surface area contributed by atoms with Crippen LogP contribution in [0, 0.1) is 5.82 Å². The van der Waals surface area contributed by atoms with Gasteiger partial charge < -0.3 is 0 Å². The first-order valence-electron chi connectivity index (χ1n) is 8.96. The maximum absolute atomic E-state index is 13.4. The first kappa shape index (κ1) is 19.5. The average molecular weight is 425 g/mol. The summed E-state index contributed by atoms with van der Waals surface area (Å²) in [5.74, 6) is -0.447. The molecular formula is C23H15Cl2FN2O. The molecule has 0 amide bonds. The highest BCUT2D eigenvalue weighted by molar-refractivity contribution is 6.37. The molecule has 6 heteroatoms. The van der Waals surface area contributed by atoms with E-state index in [0.29, 0.717) is 39.0 Å². The number of carbonyl (C=O) groups excluding carboxylic acids is 1. The van der Waals surface area contributed by atoms with E-state index in [4.69, 9.17) is 28.2 Å². The van der Waals surface area contributed by atoms with Crippen LogP contribution >= 0.6 is 23.2 Å². The second-order valence-electron chi connectivity index (χ2n) is 6.62. The Morgan fingerprint density at radius 3 is 2.21 bits per heavy atom. The quantitative estimate of drug-likeness (QED) is 0.511. The van der Waals surface area contributed by atoms with Crippen molar-refractivity contribution in [2.24, 2.45) is 4.99 Å². The monoisotopic (exact) mass is 424 g/mol. The molecule has 0 atom stereocenters. The Labute approximate surface area is 177 Å². The molecule has 2 aromatic carbocycles. The highest BCUT2D eigenvalue weighted by Gasteiger charge is 2.26. The summed E-state index contributed by atoms with van der Waals surface area (Å²) >= 11 is 12.6. The maximum Gasteiger partial charge on any atom is 0.171 e. The second kappa shape index (κ2) is 8.27. The summed E-state index contributed by atoms with van der Waals surface area (Å²) in [7, 11) is 0. The smallest absolute Gasteiger partial charge is 0.171 e. The van der Waals surface area contributed by atoms with E-state index in [1.54, 1.807) is 54.9 Å². The van der Waals surface area contributed by atoms with Gasteiger partial charge in [-0.2, -0.15) is 0 Å². The zero-order chi connectivity index (χ0) is 20.4. The fourth-order valence-corrected chi connectivity index (χ4v) is 3.83. The number of aromatic nitrogens is 1. The van der Waals surface area contributed by atoms with Gasteiger partial charge >= 0.3 is 0 Å². The average Bonchev–Trinajstić information content (AvgIpc) is 2.72. The minimum absolute atomic E-state index is 0.0865. The predicted octanol–water partition coefficient (Wildman–Crippen LogP) is 6.05. The molecule has 3 aromatic rings. The molecule has 0 aliphatic carbocycles. The molecule has 3 nitrogen and oxygen atoms in total. The number of aliphatic imine (C=N–C) groups is 1. The van der Waals surface area contributed by atoms with E-state index in [1.165, 1.54) is 12.1 Å². The van der Waals surface area contributed by atoms with Gasteiger partial charge in [0.1, 0.15) is 5.82 Å². The predicted molar refractivity (Wildman–Crippen MR) is 115 cm³/mol. The number of Topliss-reactive ketones (excluding diaryl/α,β-unsaturated/α-hetero) is 1. The van der Waals surface area contributed by atoms with Crippen LogP contribution in [0.1, 0.15) is 23.1 Å². The van der Waals surface area contributed by atoms with Crippen LogP contribution in [0.2, 0.25) is 10.0 Å². The highest BCUT2D eigenvalue weighted by Crippen LogP contribution is 2.34. The molecule has 0 fully saturated rings. The molecular weight excluding hydrogens is 410 g/mol. The third-order valence-corrected chi connectivity index (χ3v) is 5.39. The molecule has 29 heavy (non-hydrogen) atoms. The molecule has 4 rings (SSSR count). The van der Waals surface area contributed by atoms with Gasteiger partial charge in [0.05, 0.1) is 11.3 Å². The van der Waals surface area contributed by atoms with Crippen molar-refractivity contribution in [3.05, 3.63) is 99.5 Å². The Balaban J connectivity index is 1.84. The summed E-state index contributed by atoms with van der Waals surface area (Å²) in [5.41, 5.74) is 3.79. The van der Waals surface area contributed by atoms with Gasteiger partial charge in [0, 0.05) is 46.6 Å². The minimum Gasteiger partial charge on any atom is -0.294 e. The van der Waals surface area contributed by atoms with Crippen molar-refractivity contribution < 1.29 is 9.18 Å². The molecule has 0 unspecified atom stereocenters. The zero-order valence-electron chi connectivity index (χ0n) is 15.2. The Morgan fingerprint density at radius 2 is 1.55 bits per heavy atom. The molecule has 1 aromatic heterocycles. The van der Waals surface area contributed by atoms with Gasteiger partial charge in [-0.05, 0) is 47.5 Å². The number of ketones is 1. The summed E-state index contributed by atoms with van der Waals surface area (Å²) < 4.78 is 13.4. The molecule has 0 spiro atoms. The summed E-state index contributed by atoms with van der Waals surface area (Å²) in [6, 6.07) is 14.7. The number of benzene rings is 2. The van der Waals surface area contributed by atoms with Gasteiger partial charge in [0.2, 0.25) is 0 Å². The van der Waals surface area contributed by atoms with E-state index in [0.717, 1.165) is 11.1 Å². The van der Waals surface area contributed by atoms with Crippen LogP contribution in [0.4, 0.5) is 4.39 Å². The minimum atomic E-state index is -0.361. The lowest BCUT2D eigenvalue weighted by molar-refractivity contribution is -0.112. The molecule has 0 saturated heterocycles. The van der Waals surface area contributed by atoms with Crippen molar-refractivity contribution >= 4 is 46.0 Å². The van der Waals surface area contributed by atoms with Crippen LogP contribution < -0.4 is 0 Å². The molecule has 2 heterocycles. The van der Waals surface area contributed by atoms with Gasteiger partial charge in [0.15, 0.2) is 5.78 Å². The molecule has 0 bridgehead atoms. The van der Waals surface area contributed by atoms with E-state index in [9.17, 15) is 9.18 Å². The number of hydrogen-bond acceptors (Lipinski definition) is 3. The van der Waals surface area contributed by atoms with Crippen LogP contribution in [-0.4, -0.2) is 16.5 Å². The molecule has 1 aliphatic rings. The van der Waals surface area contributed by atoms with Gasteiger partial charge in [-0.15, -0.1) is 0 Å². The number of rotatable bonds is 4. The third-order valence-electron chi connectivity index (χ3n) is 4.68. The summed E-state index contributed by atoms with van der Waals surface area (Å²) in [6.07, 6.45) is 3.80. The normalized spacial score (nSPS) is 14.2. The van der Waals surface area contributed by atoms with Crippen molar-refractivity contribution in [1.29, 1.82) is 0 Å². The lowest BCUT2D eigenvalue weighted by Gasteiger charge is -2.20. The molecule has 0 saturated carbocycles. The van der Waals surface area contributed by atoms with Gasteiger partial charge in [-0.25, -0.2) is 4.39 Å². The van der Waals surface area contributed by atoms with Crippen molar-refractivity contribution in [2.45, 2.75) is 12.8 Å². The first-order valence-corrected chi connectivity index (χ1v) is 9.71. The van der Waals surface area contributed by atoms with Crippen LogP contribution in [-0.2, 0) is 11.2 Å². The molecule has 1 aliphatic heterocycles. The van der Waals surface area contributed by atoms with Crippen LogP contribution in [0.25, 0.3) is 11.3 Å². The summed E-state index contributed by atoms with van der Waals surface area (Å²) in [4.78, 5) is 22.0. The largest absolute Gasteiger partial charge is 0.294 e. The fraction of sp³-hybridized carbons (Fsp3) is 0.0870. The van der Waals surface area contributed by atoms with Crippen LogP contribution in [0.3, 0.4) is 0 Å². The topological polar surface area (TPSA) is 42.3 Å². The Morgan fingerprint density at radius 1 is 0.897 bits per heavy atom. The highest BCUT2D eigenvalue weighted by atomic mass is 35.5. The zero-order valence-corrected chi connectivity index (χ0v) is 16.7. The first-order chi connectivity index (χ1) is 14.0. The van der Waals surface area contributed by atoms with Crippen molar-refractivity contribution in [3.8, 4) is 0 Å². The maximum atomic E-state index is 13.4. The van der Waals surface area contributed by atoms with Crippen molar-refractivity contribution in [1.82, 2.24) is 4.98 Å². The van der Waals surface area contributed by atoms with Crippen molar-refractivity contribution in [2.75, 3.05) is 0 Å². The SMILES string of the molecule is O=C1CC(Cc2c(Cl)cccc2Cl)=NC(c2ccncc2)=C1c1ccc(F)cc1. The van der Waals surface area contributed by atoms with E-state index in [-0.39, 0.29) is 18.0 Å². The van der Waals surface area contributed by atoms with Crippen molar-refractivity contribution in [3.63, 3.8) is 0 Å². The number of pyridine rings is 1. The van der Waals surface area contributed by atoms with E-state index >= 15 is 0 Å². The van der Waals surface area contributed by atoms with E-state index < -0.39 is 0 Å². The lowest BCUT2D eigenvalue weighted by Crippen LogP contribution is -2.18. The number of allylic oxidation sites excluding steroid dienone is 1. The Bertz CT molecular complexity index is 1120. The number of hydrogen-bond donors (Lipinski definition) is 0. The second-order valence-corrected chi connectivity index (χ2v) is 7.44. The Hall–Kier alpha value is -2.82. The van der Waals surface area contributed by atoms with E-state index in [2.05, 4.69) is 4.98 Å². The Kier molecular flexibility index (Phi) is 5.56. The molecule has 0 radical (unpaired) electrons. The third kappa shape index (κ3) is 4.14. The number of halogens is 3. The number of carbonyl (C=O) groups is 1. The molecule has 0 N–H and O–H groups in total. The van der Waals surface area contributed by atoms with Crippen LogP contribution in [0.5, 0.6) is 0 Å². The number of nitrogens with zero attached hydrogens (tertiary/aromatic N) is 2. The lowest BCUT2D eigenvalue weighted by atomic mass is 9.90. The fourth-order valence-electron chi connectivity index (χ4n) is 3.30.